The predicted molar refractivity (Wildman–Crippen MR) is 105 cm³/mol. The molecule has 3 aromatic carbocycles. The molecule has 0 atom stereocenters. The van der Waals surface area contributed by atoms with Gasteiger partial charge in [-0.1, -0.05) is 0 Å². The molecule has 0 saturated carbocycles. The number of hydrogen-bond acceptors (Lipinski definition) is 1. The van der Waals surface area contributed by atoms with Gasteiger partial charge in [-0.05, 0) is 0 Å². The fourth-order valence-corrected chi connectivity index (χ4v) is 8.60. The SMILES string of the molecule is CCOc1ccccc1[As](c1ccccc1C)c1ccccc1C. The summed E-state index contributed by atoms with van der Waals surface area (Å²) in [6, 6.07) is 26.2. The van der Waals surface area contributed by atoms with E-state index in [0.29, 0.717) is 6.61 Å². The van der Waals surface area contributed by atoms with E-state index in [1.54, 1.807) is 0 Å². The Labute approximate surface area is 149 Å². The Balaban J connectivity index is 2.24. The van der Waals surface area contributed by atoms with E-state index < -0.39 is 14.7 Å². The molecule has 0 unspecified atom stereocenters. The molecule has 0 spiro atoms. The first kappa shape index (κ1) is 16.9. The summed E-state index contributed by atoms with van der Waals surface area (Å²) >= 11 is -1.67. The Morgan fingerprint density at radius 1 is 0.667 bits per heavy atom. The van der Waals surface area contributed by atoms with Gasteiger partial charge in [0.2, 0.25) is 0 Å². The number of ether oxygens (including phenoxy) is 1. The minimum atomic E-state index is -1.67. The maximum absolute atomic E-state index is 5.98. The van der Waals surface area contributed by atoms with Crippen molar-refractivity contribution in [1.29, 1.82) is 0 Å². The summed E-state index contributed by atoms with van der Waals surface area (Å²) in [6.45, 7) is 7.19. The van der Waals surface area contributed by atoms with Gasteiger partial charge in [-0.25, -0.2) is 0 Å². The molecule has 0 aliphatic carbocycles. The van der Waals surface area contributed by atoms with Crippen LogP contribution in [0.25, 0.3) is 0 Å². The Bertz CT molecular complexity index is 780. The molecule has 122 valence electrons. The Morgan fingerprint density at radius 2 is 1.12 bits per heavy atom. The molecule has 2 heteroatoms. The van der Waals surface area contributed by atoms with Crippen molar-refractivity contribution in [2.75, 3.05) is 6.61 Å². The molecule has 24 heavy (non-hydrogen) atoms. The molecular weight excluding hydrogens is 355 g/mol. The van der Waals surface area contributed by atoms with E-state index in [4.69, 9.17) is 4.74 Å². The molecule has 0 aliphatic rings. The van der Waals surface area contributed by atoms with E-state index in [0.717, 1.165) is 5.75 Å². The Morgan fingerprint density at radius 3 is 1.62 bits per heavy atom. The molecular formula is C22H23AsO. The molecule has 0 bridgehead atoms. The summed E-state index contributed by atoms with van der Waals surface area (Å²) < 4.78 is 10.3. The zero-order valence-electron chi connectivity index (χ0n) is 14.5. The van der Waals surface area contributed by atoms with Gasteiger partial charge < -0.3 is 0 Å². The number of benzene rings is 3. The second-order valence-electron chi connectivity index (χ2n) is 5.81. The van der Waals surface area contributed by atoms with Crippen molar-refractivity contribution < 1.29 is 4.74 Å². The van der Waals surface area contributed by atoms with Crippen molar-refractivity contribution in [2.24, 2.45) is 0 Å². The third kappa shape index (κ3) is 3.42. The van der Waals surface area contributed by atoms with Crippen molar-refractivity contribution in [1.82, 2.24) is 0 Å². The second kappa shape index (κ2) is 7.73. The third-order valence-electron chi connectivity index (χ3n) is 4.12. The molecule has 0 aromatic heterocycles. The van der Waals surface area contributed by atoms with E-state index in [1.165, 1.54) is 24.2 Å². The van der Waals surface area contributed by atoms with E-state index >= 15 is 0 Å². The van der Waals surface area contributed by atoms with E-state index in [1.807, 2.05) is 0 Å². The first-order valence-electron chi connectivity index (χ1n) is 8.35. The van der Waals surface area contributed by atoms with Crippen LogP contribution < -0.4 is 17.8 Å². The fraction of sp³-hybridized carbons (Fsp3) is 0.182. The van der Waals surface area contributed by atoms with Crippen LogP contribution in [0.2, 0.25) is 0 Å². The van der Waals surface area contributed by atoms with Gasteiger partial charge in [-0.2, -0.15) is 0 Å². The number of rotatable bonds is 5. The van der Waals surface area contributed by atoms with Crippen LogP contribution in [0.4, 0.5) is 0 Å². The van der Waals surface area contributed by atoms with Crippen LogP contribution in [0.15, 0.2) is 72.8 Å². The Kier molecular flexibility index (Phi) is 5.43. The van der Waals surface area contributed by atoms with Gasteiger partial charge in [0.1, 0.15) is 0 Å². The average Bonchev–Trinajstić information content (AvgIpc) is 2.60. The van der Waals surface area contributed by atoms with Crippen molar-refractivity contribution in [3.8, 4) is 5.75 Å². The van der Waals surface area contributed by atoms with Crippen LogP contribution in [0, 0.1) is 13.8 Å². The summed E-state index contributed by atoms with van der Waals surface area (Å²) in [5, 5.41) is 0. The van der Waals surface area contributed by atoms with Gasteiger partial charge in [0.25, 0.3) is 0 Å². The monoisotopic (exact) mass is 378 g/mol. The second-order valence-corrected chi connectivity index (χ2v) is 10.2. The third-order valence-corrected chi connectivity index (χ3v) is 10.0. The summed E-state index contributed by atoms with van der Waals surface area (Å²) in [6.07, 6.45) is 0. The van der Waals surface area contributed by atoms with Crippen molar-refractivity contribution in [3.05, 3.63) is 83.9 Å². The predicted octanol–water partition coefficient (Wildman–Crippen LogP) is 3.22. The molecule has 0 radical (unpaired) electrons. The van der Waals surface area contributed by atoms with Crippen molar-refractivity contribution >= 4 is 27.7 Å². The zero-order chi connectivity index (χ0) is 16.9. The number of para-hydroxylation sites is 1. The summed E-state index contributed by atoms with van der Waals surface area (Å²) in [5.74, 6) is 1.03. The standard InChI is InChI=1S/C22H23AsO/c1-4-24-22-16-10-9-15-21(22)23(19-13-7-5-11-17(19)2)20-14-8-6-12-18(20)3/h5-16H,4H2,1-3H3. The fourth-order valence-electron chi connectivity index (χ4n) is 2.94. The average molecular weight is 378 g/mol. The van der Waals surface area contributed by atoms with E-state index in [-0.39, 0.29) is 0 Å². The van der Waals surface area contributed by atoms with Crippen LogP contribution in [0.5, 0.6) is 5.75 Å². The van der Waals surface area contributed by atoms with Gasteiger partial charge in [0.05, 0.1) is 0 Å². The van der Waals surface area contributed by atoms with Crippen LogP contribution >= 0.6 is 0 Å². The van der Waals surface area contributed by atoms with Crippen LogP contribution in [-0.2, 0) is 0 Å². The molecule has 0 aliphatic heterocycles. The first-order valence-corrected chi connectivity index (χ1v) is 11.2. The quantitative estimate of drug-likeness (QED) is 0.620. The number of aryl methyl sites for hydroxylation is 2. The van der Waals surface area contributed by atoms with Gasteiger partial charge >= 0.3 is 149 Å². The molecule has 3 aromatic rings. The maximum atomic E-state index is 5.98. The first-order chi connectivity index (χ1) is 11.7. The van der Waals surface area contributed by atoms with E-state index in [2.05, 4.69) is 93.6 Å². The van der Waals surface area contributed by atoms with Crippen LogP contribution in [-0.4, -0.2) is 21.3 Å². The van der Waals surface area contributed by atoms with E-state index in [9.17, 15) is 0 Å². The molecule has 3 rings (SSSR count). The molecule has 1 nitrogen and oxygen atoms in total. The van der Waals surface area contributed by atoms with Crippen molar-refractivity contribution in [3.63, 3.8) is 0 Å². The van der Waals surface area contributed by atoms with Gasteiger partial charge in [-0.15, -0.1) is 0 Å². The Hall–Kier alpha value is -1.98. The molecule has 0 N–H and O–H groups in total. The minimum absolute atomic E-state index is 0.695. The summed E-state index contributed by atoms with van der Waals surface area (Å²) in [4.78, 5) is 0. The normalized spacial score (nSPS) is 10.8. The molecule has 0 heterocycles. The molecule has 0 amide bonds. The summed E-state index contributed by atoms with van der Waals surface area (Å²) in [5.41, 5.74) is 2.74. The van der Waals surface area contributed by atoms with Gasteiger partial charge in [0.15, 0.2) is 0 Å². The van der Waals surface area contributed by atoms with Gasteiger partial charge in [0, 0.05) is 0 Å². The molecule has 0 fully saturated rings. The van der Waals surface area contributed by atoms with Crippen LogP contribution in [0.3, 0.4) is 0 Å². The van der Waals surface area contributed by atoms with Crippen molar-refractivity contribution in [2.45, 2.75) is 20.8 Å². The van der Waals surface area contributed by atoms with Gasteiger partial charge in [-0.3, -0.25) is 0 Å². The van der Waals surface area contributed by atoms with Crippen LogP contribution in [0.1, 0.15) is 18.1 Å². The molecule has 0 saturated heterocycles. The number of hydrogen-bond donors (Lipinski definition) is 0. The topological polar surface area (TPSA) is 9.23 Å². The zero-order valence-corrected chi connectivity index (χ0v) is 16.4. The summed E-state index contributed by atoms with van der Waals surface area (Å²) in [7, 11) is 0.